The maximum atomic E-state index is 12.9. The van der Waals surface area contributed by atoms with Gasteiger partial charge in [-0.2, -0.15) is 0 Å². The lowest BCUT2D eigenvalue weighted by atomic mass is 9.95. The highest BCUT2D eigenvalue weighted by atomic mass is 32.2. The average molecular weight is 424 g/mol. The normalized spacial score (nSPS) is 13.5. The van der Waals surface area contributed by atoms with Gasteiger partial charge in [-0.05, 0) is 49.4 Å². The van der Waals surface area contributed by atoms with Crippen molar-refractivity contribution in [3.63, 3.8) is 0 Å². The Balaban J connectivity index is 2.00. The minimum absolute atomic E-state index is 0.0705. The van der Waals surface area contributed by atoms with Crippen molar-refractivity contribution in [3.05, 3.63) is 34.2 Å². The molecule has 1 aliphatic rings. The molecule has 1 aromatic heterocycles. The second-order valence-electron chi connectivity index (χ2n) is 6.43. The Morgan fingerprint density at radius 3 is 2.57 bits per heavy atom. The summed E-state index contributed by atoms with van der Waals surface area (Å²) < 4.78 is 33.5. The molecule has 4 N–H and O–H groups in total. The summed E-state index contributed by atoms with van der Waals surface area (Å²) in [5.74, 6) is -0.674. The molecule has 0 spiro atoms. The van der Waals surface area contributed by atoms with Crippen molar-refractivity contribution in [1.82, 2.24) is 0 Å². The highest BCUT2D eigenvalue weighted by Gasteiger charge is 2.27. The Labute approximate surface area is 167 Å². The van der Waals surface area contributed by atoms with Crippen LogP contribution in [0.25, 0.3) is 0 Å². The van der Waals surface area contributed by atoms with Crippen LogP contribution in [0.3, 0.4) is 0 Å². The fourth-order valence-corrected chi connectivity index (χ4v) is 5.85. The van der Waals surface area contributed by atoms with Crippen LogP contribution in [0.2, 0.25) is 0 Å². The molecule has 10 heteroatoms. The summed E-state index contributed by atoms with van der Waals surface area (Å²) in [6.45, 7) is 1.31. The fourth-order valence-electron chi connectivity index (χ4n) is 3.22. The van der Waals surface area contributed by atoms with Gasteiger partial charge in [-0.25, -0.2) is 8.42 Å². The van der Waals surface area contributed by atoms with E-state index < -0.39 is 15.9 Å². The predicted molar refractivity (Wildman–Crippen MR) is 108 cm³/mol. The molecule has 0 bridgehead atoms. The minimum atomic E-state index is -4.01. The number of ether oxygens (including phenoxy) is 1. The summed E-state index contributed by atoms with van der Waals surface area (Å²) >= 11 is 1.25. The van der Waals surface area contributed by atoms with E-state index >= 15 is 0 Å². The van der Waals surface area contributed by atoms with E-state index in [0.717, 1.165) is 29.7 Å². The van der Waals surface area contributed by atoms with Crippen molar-refractivity contribution in [1.29, 1.82) is 0 Å². The van der Waals surface area contributed by atoms with Gasteiger partial charge in [-0.1, -0.05) is 0 Å². The van der Waals surface area contributed by atoms with E-state index in [1.165, 1.54) is 43.6 Å². The Morgan fingerprint density at radius 1 is 1.21 bits per heavy atom. The van der Waals surface area contributed by atoms with Gasteiger partial charge in [0.05, 0.1) is 23.3 Å². The number of aryl methyl sites for hydroxylation is 1. The Morgan fingerprint density at radius 2 is 1.93 bits per heavy atom. The number of benzene rings is 1. The highest BCUT2D eigenvalue weighted by molar-refractivity contribution is 7.93. The number of sulfonamides is 1. The summed E-state index contributed by atoms with van der Waals surface area (Å²) in [6.07, 6.45) is 3.45. The SMILES string of the molecule is COc1ccc(S(=O)(=O)Nc2sc3c(c2C(N)=O)CCCC3)cc1NC(C)=O. The Bertz CT molecular complexity index is 1040. The first-order valence-corrected chi connectivity index (χ1v) is 11.0. The van der Waals surface area contributed by atoms with E-state index in [1.54, 1.807) is 0 Å². The van der Waals surface area contributed by atoms with Crippen LogP contribution in [-0.4, -0.2) is 27.3 Å². The van der Waals surface area contributed by atoms with E-state index in [9.17, 15) is 18.0 Å². The zero-order chi connectivity index (χ0) is 20.5. The number of primary amides is 1. The molecular formula is C18H21N3O5S2. The summed E-state index contributed by atoms with van der Waals surface area (Å²) in [5, 5.41) is 2.78. The predicted octanol–water partition coefficient (Wildman–Crippen LogP) is 2.49. The van der Waals surface area contributed by atoms with Gasteiger partial charge in [-0.3, -0.25) is 14.3 Å². The van der Waals surface area contributed by atoms with Crippen molar-refractivity contribution in [2.45, 2.75) is 37.5 Å². The van der Waals surface area contributed by atoms with Crippen molar-refractivity contribution < 1.29 is 22.7 Å². The average Bonchev–Trinajstić information content (AvgIpc) is 2.98. The van der Waals surface area contributed by atoms with Crippen LogP contribution >= 0.6 is 11.3 Å². The number of carbonyl (C=O) groups is 2. The van der Waals surface area contributed by atoms with Gasteiger partial charge in [0.1, 0.15) is 10.8 Å². The lowest BCUT2D eigenvalue weighted by Crippen LogP contribution is -2.19. The molecule has 1 heterocycles. The van der Waals surface area contributed by atoms with E-state index in [4.69, 9.17) is 10.5 Å². The molecule has 1 aliphatic carbocycles. The largest absolute Gasteiger partial charge is 0.495 e. The molecule has 8 nitrogen and oxygen atoms in total. The van der Waals surface area contributed by atoms with Gasteiger partial charge in [-0.15, -0.1) is 11.3 Å². The van der Waals surface area contributed by atoms with Crippen molar-refractivity contribution in [2.75, 3.05) is 17.1 Å². The van der Waals surface area contributed by atoms with E-state index in [1.807, 2.05) is 0 Å². The molecule has 0 saturated carbocycles. The molecule has 2 aromatic rings. The zero-order valence-corrected chi connectivity index (χ0v) is 17.1. The number of amides is 2. The first-order chi connectivity index (χ1) is 13.2. The Hall–Kier alpha value is -2.59. The van der Waals surface area contributed by atoms with Crippen molar-refractivity contribution >= 4 is 43.9 Å². The lowest BCUT2D eigenvalue weighted by Gasteiger charge is -2.13. The van der Waals surface area contributed by atoms with Crippen LogP contribution in [0.5, 0.6) is 5.75 Å². The monoisotopic (exact) mass is 423 g/mol. The third-order valence-electron chi connectivity index (χ3n) is 4.44. The topological polar surface area (TPSA) is 128 Å². The Kier molecular flexibility index (Phi) is 5.61. The quantitative estimate of drug-likeness (QED) is 0.658. The summed E-state index contributed by atoms with van der Waals surface area (Å²) in [6, 6.07) is 4.12. The molecule has 0 aliphatic heterocycles. The van der Waals surface area contributed by atoms with E-state index in [2.05, 4.69) is 10.0 Å². The number of anilines is 2. The molecule has 28 heavy (non-hydrogen) atoms. The van der Waals surface area contributed by atoms with Crippen LogP contribution in [0.1, 0.15) is 40.6 Å². The molecular weight excluding hydrogens is 402 g/mol. The van der Waals surface area contributed by atoms with Crippen LogP contribution in [0.15, 0.2) is 23.1 Å². The molecule has 2 amide bonds. The van der Waals surface area contributed by atoms with Gasteiger partial charge in [0.2, 0.25) is 5.91 Å². The van der Waals surface area contributed by atoms with Gasteiger partial charge in [0.25, 0.3) is 15.9 Å². The molecule has 3 rings (SSSR count). The summed E-state index contributed by atoms with van der Waals surface area (Å²) in [4.78, 5) is 24.3. The molecule has 0 fully saturated rings. The zero-order valence-electron chi connectivity index (χ0n) is 15.5. The molecule has 0 radical (unpaired) electrons. The van der Waals surface area contributed by atoms with Crippen molar-refractivity contribution in [3.8, 4) is 5.75 Å². The number of thiophene rings is 1. The van der Waals surface area contributed by atoms with Gasteiger partial charge in [0.15, 0.2) is 0 Å². The molecule has 1 aromatic carbocycles. The number of hydrogen-bond acceptors (Lipinski definition) is 6. The maximum absolute atomic E-state index is 12.9. The smallest absolute Gasteiger partial charge is 0.262 e. The maximum Gasteiger partial charge on any atom is 0.262 e. The first kappa shape index (κ1) is 20.2. The molecule has 0 saturated heterocycles. The number of hydrogen-bond donors (Lipinski definition) is 3. The fraction of sp³-hybridized carbons (Fsp3) is 0.333. The van der Waals surface area contributed by atoms with Crippen LogP contribution in [0.4, 0.5) is 10.7 Å². The molecule has 0 atom stereocenters. The van der Waals surface area contributed by atoms with E-state index in [0.29, 0.717) is 12.2 Å². The first-order valence-electron chi connectivity index (χ1n) is 8.65. The summed E-state index contributed by atoms with van der Waals surface area (Å²) in [5.41, 5.74) is 6.85. The number of rotatable bonds is 6. The van der Waals surface area contributed by atoms with Gasteiger partial charge < -0.3 is 15.8 Å². The van der Waals surface area contributed by atoms with Crippen LogP contribution < -0.4 is 20.5 Å². The standard InChI is InChI=1S/C18H21N3O5S2/c1-10(22)20-13-9-11(7-8-14(13)26-2)28(24,25)21-18-16(17(19)23)12-5-3-4-6-15(12)27-18/h7-9,21H,3-6H2,1-2H3,(H2,19,23)(H,20,22). The van der Waals surface area contributed by atoms with Crippen molar-refractivity contribution in [2.24, 2.45) is 5.73 Å². The van der Waals surface area contributed by atoms with Crippen LogP contribution in [-0.2, 0) is 27.7 Å². The van der Waals surface area contributed by atoms with E-state index in [-0.39, 0.29) is 27.1 Å². The number of nitrogens with one attached hydrogen (secondary N) is 2. The van der Waals surface area contributed by atoms with Gasteiger partial charge >= 0.3 is 0 Å². The number of fused-ring (bicyclic) bond motifs is 1. The number of methoxy groups -OCH3 is 1. The second-order valence-corrected chi connectivity index (χ2v) is 9.22. The number of carbonyl (C=O) groups excluding carboxylic acids is 2. The summed E-state index contributed by atoms with van der Waals surface area (Å²) in [7, 11) is -2.59. The highest BCUT2D eigenvalue weighted by Crippen LogP contribution is 2.39. The minimum Gasteiger partial charge on any atom is -0.495 e. The molecule has 150 valence electrons. The lowest BCUT2D eigenvalue weighted by molar-refractivity contribution is -0.114. The second kappa shape index (κ2) is 7.80. The van der Waals surface area contributed by atoms with Gasteiger partial charge in [0, 0.05) is 11.8 Å². The third kappa shape index (κ3) is 3.97. The molecule has 0 unspecified atom stereocenters. The third-order valence-corrected chi connectivity index (χ3v) is 7.12. The number of nitrogens with two attached hydrogens (primary N) is 1. The van der Waals surface area contributed by atoms with Crippen LogP contribution in [0, 0.1) is 0 Å².